The van der Waals surface area contributed by atoms with Gasteiger partial charge in [0, 0.05) is 6.04 Å². The predicted octanol–water partition coefficient (Wildman–Crippen LogP) is 2.87. The Labute approximate surface area is 94.5 Å². The molecule has 1 fully saturated rings. The maximum Gasteiger partial charge on any atom is 0.414 e. The Hall–Kier alpha value is -0.290. The molecule has 0 aromatic carbocycles. The standard InChI is InChI=1S/C11H20F3NO/c1-3-15-9-5-4-6-10(7-9)16-8(2)11(12,13)14/h8-10,15H,3-7H2,1-2H3. The number of hydrogen-bond acceptors (Lipinski definition) is 2. The fraction of sp³-hybridized carbons (Fsp3) is 1.00. The van der Waals surface area contributed by atoms with Crippen molar-refractivity contribution in [1.29, 1.82) is 0 Å². The molecule has 2 nitrogen and oxygen atoms in total. The van der Waals surface area contributed by atoms with Crippen LogP contribution in [0.5, 0.6) is 0 Å². The molecule has 1 rings (SSSR count). The van der Waals surface area contributed by atoms with E-state index in [0.29, 0.717) is 12.5 Å². The first-order valence-electron chi connectivity index (χ1n) is 5.89. The normalized spacial score (nSPS) is 29.1. The molecule has 0 amide bonds. The summed E-state index contributed by atoms with van der Waals surface area (Å²) in [6, 6.07) is 0.309. The molecule has 16 heavy (non-hydrogen) atoms. The summed E-state index contributed by atoms with van der Waals surface area (Å²) in [6.45, 7) is 3.94. The molecule has 0 aromatic rings. The van der Waals surface area contributed by atoms with Gasteiger partial charge in [-0.1, -0.05) is 6.92 Å². The van der Waals surface area contributed by atoms with E-state index in [1.807, 2.05) is 6.92 Å². The van der Waals surface area contributed by atoms with Crippen molar-refractivity contribution >= 4 is 0 Å². The van der Waals surface area contributed by atoms with E-state index in [1.54, 1.807) is 0 Å². The molecule has 0 radical (unpaired) electrons. The molecule has 3 atom stereocenters. The Balaban J connectivity index is 2.37. The third-order valence-electron chi connectivity index (χ3n) is 2.98. The largest absolute Gasteiger partial charge is 0.414 e. The third-order valence-corrected chi connectivity index (χ3v) is 2.98. The van der Waals surface area contributed by atoms with E-state index in [0.717, 1.165) is 32.7 Å². The molecule has 0 heterocycles. The van der Waals surface area contributed by atoms with Crippen LogP contribution in [0.3, 0.4) is 0 Å². The van der Waals surface area contributed by atoms with E-state index in [4.69, 9.17) is 4.74 Å². The predicted molar refractivity (Wildman–Crippen MR) is 56.3 cm³/mol. The maximum atomic E-state index is 12.3. The summed E-state index contributed by atoms with van der Waals surface area (Å²) in [5, 5.41) is 3.27. The topological polar surface area (TPSA) is 21.3 Å². The molecule has 5 heteroatoms. The van der Waals surface area contributed by atoms with Gasteiger partial charge in [0.1, 0.15) is 0 Å². The van der Waals surface area contributed by atoms with Gasteiger partial charge in [-0.3, -0.25) is 0 Å². The Morgan fingerprint density at radius 3 is 2.62 bits per heavy atom. The van der Waals surface area contributed by atoms with Gasteiger partial charge in [0.25, 0.3) is 0 Å². The average molecular weight is 239 g/mol. The van der Waals surface area contributed by atoms with Crippen LogP contribution < -0.4 is 5.32 Å². The van der Waals surface area contributed by atoms with Gasteiger partial charge < -0.3 is 10.1 Å². The summed E-state index contributed by atoms with van der Waals surface area (Å²) in [5.41, 5.74) is 0. The maximum absolute atomic E-state index is 12.3. The number of hydrogen-bond donors (Lipinski definition) is 1. The first-order valence-corrected chi connectivity index (χ1v) is 5.89. The lowest BCUT2D eigenvalue weighted by molar-refractivity contribution is -0.229. The van der Waals surface area contributed by atoms with Crippen molar-refractivity contribution in [2.45, 2.75) is 64.0 Å². The molecule has 0 saturated heterocycles. The minimum atomic E-state index is -4.24. The Morgan fingerprint density at radius 1 is 1.38 bits per heavy atom. The fourth-order valence-electron chi connectivity index (χ4n) is 2.11. The molecule has 0 aromatic heterocycles. The number of alkyl halides is 3. The number of halogens is 3. The zero-order chi connectivity index (χ0) is 12.2. The van der Waals surface area contributed by atoms with Crippen molar-refractivity contribution in [2.24, 2.45) is 0 Å². The van der Waals surface area contributed by atoms with Crippen molar-refractivity contribution in [1.82, 2.24) is 5.32 Å². The highest BCUT2D eigenvalue weighted by Crippen LogP contribution is 2.28. The van der Waals surface area contributed by atoms with Crippen LogP contribution in [0, 0.1) is 0 Å². The van der Waals surface area contributed by atoms with E-state index >= 15 is 0 Å². The van der Waals surface area contributed by atoms with Crippen LogP contribution in [0.1, 0.15) is 39.5 Å². The van der Waals surface area contributed by atoms with Crippen molar-refractivity contribution in [3.63, 3.8) is 0 Å². The summed E-state index contributed by atoms with van der Waals surface area (Å²) in [5.74, 6) is 0. The smallest absolute Gasteiger partial charge is 0.366 e. The average Bonchev–Trinajstić information content (AvgIpc) is 2.17. The van der Waals surface area contributed by atoms with Gasteiger partial charge >= 0.3 is 6.18 Å². The molecule has 1 aliphatic rings. The van der Waals surface area contributed by atoms with Crippen LogP contribution in [0.4, 0.5) is 13.2 Å². The molecule has 1 saturated carbocycles. The van der Waals surface area contributed by atoms with Crippen LogP contribution in [-0.4, -0.2) is 31.0 Å². The second kappa shape index (κ2) is 5.87. The van der Waals surface area contributed by atoms with Crippen molar-refractivity contribution in [2.75, 3.05) is 6.54 Å². The van der Waals surface area contributed by atoms with Gasteiger partial charge in [0.05, 0.1) is 6.10 Å². The zero-order valence-corrected chi connectivity index (χ0v) is 9.81. The second-order valence-electron chi connectivity index (χ2n) is 4.36. The van der Waals surface area contributed by atoms with Crippen LogP contribution in [0.2, 0.25) is 0 Å². The summed E-state index contributed by atoms with van der Waals surface area (Å²) in [4.78, 5) is 0. The van der Waals surface area contributed by atoms with Gasteiger partial charge in [-0.15, -0.1) is 0 Å². The molecule has 0 aliphatic heterocycles. The van der Waals surface area contributed by atoms with Crippen molar-refractivity contribution in [3.05, 3.63) is 0 Å². The van der Waals surface area contributed by atoms with Gasteiger partial charge in [-0.25, -0.2) is 0 Å². The van der Waals surface area contributed by atoms with Gasteiger partial charge in [-0.05, 0) is 39.2 Å². The first-order chi connectivity index (χ1) is 7.43. The lowest BCUT2D eigenvalue weighted by atomic mass is 9.92. The Kier molecular flexibility index (Phi) is 5.05. The highest BCUT2D eigenvalue weighted by Gasteiger charge is 2.39. The van der Waals surface area contributed by atoms with Crippen LogP contribution in [0.25, 0.3) is 0 Å². The number of nitrogens with one attached hydrogen (secondary N) is 1. The molecule has 0 spiro atoms. The van der Waals surface area contributed by atoms with Crippen molar-refractivity contribution < 1.29 is 17.9 Å². The highest BCUT2D eigenvalue weighted by molar-refractivity contribution is 4.79. The lowest BCUT2D eigenvalue weighted by Crippen LogP contribution is -2.40. The Morgan fingerprint density at radius 2 is 2.06 bits per heavy atom. The van der Waals surface area contributed by atoms with Crippen LogP contribution in [-0.2, 0) is 4.74 Å². The quantitative estimate of drug-likeness (QED) is 0.814. The summed E-state index contributed by atoms with van der Waals surface area (Å²) in [7, 11) is 0. The van der Waals surface area contributed by atoms with E-state index in [9.17, 15) is 13.2 Å². The van der Waals surface area contributed by atoms with Gasteiger partial charge in [0.15, 0.2) is 6.10 Å². The van der Waals surface area contributed by atoms with E-state index in [2.05, 4.69) is 5.32 Å². The van der Waals surface area contributed by atoms with E-state index < -0.39 is 12.3 Å². The summed E-state index contributed by atoms with van der Waals surface area (Å²) >= 11 is 0. The summed E-state index contributed by atoms with van der Waals surface area (Å²) < 4.78 is 42.0. The molecule has 1 aliphatic carbocycles. The Bertz CT molecular complexity index is 206. The molecular weight excluding hydrogens is 219 g/mol. The zero-order valence-electron chi connectivity index (χ0n) is 9.81. The van der Waals surface area contributed by atoms with Crippen LogP contribution >= 0.6 is 0 Å². The number of rotatable bonds is 4. The minimum absolute atomic E-state index is 0.255. The van der Waals surface area contributed by atoms with E-state index in [-0.39, 0.29) is 6.10 Å². The molecule has 1 N–H and O–H groups in total. The van der Waals surface area contributed by atoms with Gasteiger partial charge in [-0.2, -0.15) is 13.2 Å². The van der Waals surface area contributed by atoms with Crippen molar-refractivity contribution in [3.8, 4) is 0 Å². The monoisotopic (exact) mass is 239 g/mol. The highest BCUT2D eigenvalue weighted by atomic mass is 19.4. The molecule has 96 valence electrons. The van der Waals surface area contributed by atoms with Gasteiger partial charge in [0.2, 0.25) is 0 Å². The van der Waals surface area contributed by atoms with Crippen LogP contribution in [0.15, 0.2) is 0 Å². The second-order valence-corrected chi connectivity index (χ2v) is 4.36. The first kappa shape index (κ1) is 13.8. The minimum Gasteiger partial charge on any atom is -0.366 e. The lowest BCUT2D eigenvalue weighted by Gasteiger charge is -2.32. The third kappa shape index (κ3) is 4.29. The number of ether oxygens (including phenoxy) is 1. The van der Waals surface area contributed by atoms with E-state index in [1.165, 1.54) is 0 Å². The SMILES string of the molecule is CCNC1CCCC(OC(C)C(F)(F)F)C1. The fourth-order valence-corrected chi connectivity index (χ4v) is 2.11. The molecule has 3 unspecified atom stereocenters. The molecular formula is C11H20F3NO. The summed E-state index contributed by atoms with van der Waals surface area (Å²) in [6.07, 6.45) is -2.75. The molecule has 0 bridgehead atoms.